The number of hydrogen-bond acceptors (Lipinski definition) is 7. The van der Waals surface area contributed by atoms with Crippen molar-refractivity contribution >= 4 is 17.7 Å². The molecule has 2 aromatic carbocycles. The third kappa shape index (κ3) is 5.91. The molecule has 1 aromatic heterocycles. The SMILES string of the molecule is COc1ccc(CNC(=O)CSc2nnc(C(C)Oc3ccccc3OC)n2C)cc1. The van der Waals surface area contributed by atoms with Crippen molar-refractivity contribution in [2.24, 2.45) is 7.05 Å². The van der Waals surface area contributed by atoms with Crippen molar-refractivity contribution in [3.8, 4) is 17.2 Å². The van der Waals surface area contributed by atoms with Crippen molar-refractivity contribution in [3.05, 3.63) is 59.9 Å². The van der Waals surface area contributed by atoms with Gasteiger partial charge in [-0.3, -0.25) is 4.79 Å². The quantitative estimate of drug-likeness (QED) is 0.482. The second-order valence-electron chi connectivity index (χ2n) is 6.72. The number of nitrogens with zero attached hydrogens (tertiary/aromatic N) is 3. The molecule has 0 radical (unpaired) electrons. The van der Waals surface area contributed by atoms with Gasteiger partial charge in [-0.05, 0) is 36.8 Å². The van der Waals surface area contributed by atoms with Crippen molar-refractivity contribution in [2.45, 2.75) is 24.7 Å². The average molecular weight is 443 g/mol. The van der Waals surface area contributed by atoms with Crippen LogP contribution in [0.25, 0.3) is 0 Å². The van der Waals surface area contributed by atoms with Crippen LogP contribution in [0.3, 0.4) is 0 Å². The second-order valence-corrected chi connectivity index (χ2v) is 7.67. The summed E-state index contributed by atoms with van der Waals surface area (Å²) in [6.07, 6.45) is -0.341. The molecule has 0 bridgehead atoms. The normalized spacial score (nSPS) is 11.6. The van der Waals surface area contributed by atoms with Gasteiger partial charge >= 0.3 is 0 Å². The molecule has 0 aliphatic carbocycles. The second kappa shape index (κ2) is 10.7. The summed E-state index contributed by atoms with van der Waals surface area (Å²) in [5.41, 5.74) is 1.00. The molecule has 1 amide bonds. The van der Waals surface area contributed by atoms with Gasteiger partial charge in [-0.25, -0.2) is 0 Å². The van der Waals surface area contributed by atoms with Gasteiger partial charge in [0.15, 0.2) is 28.6 Å². The molecule has 1 atom stereocenters. The number of ether oxygens (including phenoxy) is 3. The topological polar surface area (TPSA) is 87.5 Å². The predicted octanol–water partition coefficient (Wildman–Crippen LogP) is 3.38. The monoisotopic (exact) mass is 442 g/mol. The standard InChI is InChI=1S/C22H26N4O4S/c1-15(30-19-8-6-5-7-18(19)29-4)21-24-25-22(26(21)2)31-14-20(27)23-13-16-9-11-17(28-3)12-10-16/h5-12,15H,13-14H2,1-4H3,(H,23,27). The Kier molecular flexibility index (Phi) is 7.77. The molecule has 9 heteroatoms. The Bertz CT molecular complexity index is 1010. The van der Waals surface area contributed by atoms with Crippen molar-refractivity contribution < 1.29 is 19.0 Å². The number of methoxy groups -OCH3 is 2. The minimum atomic E-state index is -0.341. The van der Waals surface area contributed by atoms with E-state index >= 15 is 0 Å². The highest BCUT2D eigenvalue weighted by Crippen LogP contribution is 2.30. The van der Waals surface area contributed by atoms with Gasteiger partial charge in [-0.15, -0.1) is 10.2 Å². The van der Waals surface area contributed by atoms with E-state index in [2.05, 4.69) is 15.5 Å². The summed E-state index contributed by atoms with van der Waals surface area (Å²) in [5.74, 6) is 2.89. The van der Waals surface area contributed by atoms with Crippen LogP contribution in [-0.2, 0) is 18.4 Å². The van der Waals surface area contributed by atoms with Crippen molar-refractivity contribution in [3.63, 3.8) is 0 Å². The Morgan fingerprint density at radius 1 is 1.06 bits per heavy atom. The van der Waals surface area contributed by atoms with Crippen LogP contribution in [-0.4, -0.2) is 40.6 Å². The molecule has 31 heavy (non-hydrogen) atoms. The molecule has 3 aromatic rings. The molecule has 0 saturated carbocycles. The Balaban J connectivity index is 1.52. The molecule has 1 heterocycles. The number of carbonyl (C=O) groups is 1. The number of thioether (sulfide) groups is 1. The first-order valence-electron chi connectivity index (χ1n) is 9.73. The van der Waals surface area contributed by atoms with E-state index in [1.165, 1.54) is 11.8 Å². The number of nitrogens with one attached hydrogen (secondary N) is 1. The Hall–Kier alpha value is -3.20. The van der Waals surface area contributed by atoms with Crippen LogP contribution in [0.15, 0.2) is 53.7 Å². The molecule has 3 rings (SSSR count). The lowest BCUT2D eigenvalue weighted by atomic mass is 10.2. The van der Waals surface area contributed by atoms with E-state index in [1.54, 1.807) is 14.2 Å². The van der Waals surface area contributed by atoms with Crippen LogP contribution in [0.2, 0.25) is 0 Å². The summed E-state index contributed by atoms with van der Waals surface area (Å²) >= 11 is 1.33. The van der Waals surface area contributed by atoms with E-state index in [4.69, 9.17) is 14.2 Å². The fourth-order valence-electron chi connectivity index (χ4n) is 2.89. The summed E-state index contributed by atoms with van der Waals surface area (Å²) in [6, 6.07) is 15.0. The third-order valence-corrected chi connectivity index (χ3v) is 5.61. The zero-order chi connectivity index (χ0) is 22.2. The van der Waals surface area contributed by atoms with Crippen molar-refractivity contribution in [1.29, 1.82) is 0 Å². The van der Waals surface area contributed by atoms with Gasteiger partial charge in [0.25, 0.3) is 0 Å². The minimum absolute atomic E-state index is 0.0799. The first-order chi connectivity index (χ1) is 15.0. The number of benzene rings is 2. The van der Waals surface area contributed by atoms with Gasteiger partial charge in [0, 0.05) is 13.6 Å². The first kappa shape index (κ1) is 22.5. The zero-order valence-electron chi connectivity index (χ0n) is 18.0. The lowest BCUT2D eigenvalue weighted by molar-refractivity contribution is -0.118. The number of aromatic nitrogens is 3. The van der Waals surface area contributed by atoms with E-state index in [0.717, 1.165) is 11.3 Å². The van der Waals surface area contributed by atoms with Gasteiger partial charge in [-0.2, -0.15) is 0 Å². The first-order valence-corrected chi connectivity index (χ1v) is 10.7. The lowest BCUT2D eigenvalue weighted by Gasteiger charge is -2.16. The van der Waals surface area contributed by atoms with Crippen LogP contribution in [0, 0.1) is 0 Å². The largest absolute Gasteiger partial charge is 0.497 e. The third-order valence-electron chi connectivity index (χ3n) is 4.59. The highest BCUT2D eigenvalue weighted by molar-refractivity contribution is 7.99. The molecular weight excluding hydrogens is 416 g/mol. The number of carbonyl (C=O) groups excluding carboxylic acids is 1. The zero-order valence-corrected chi connectivity index (χ0v) is 18.8. The predicted molar refractivity (Wildman–Crippen MR) is 119 cm³/mol. The molecule has 0 saturated heterocycles. The molecule has 0 fully saturated rings. The number of amides is 1. The molecule has 1 N–H and O–H groups in total. The molecule has 0 spiro atoms. The molecule has 0 aliphatic heterocycles. The van der Waals surface area contributed by atoms with Gasteiger partial charge in [0.1, 0.15) is 5.75 Å². The van der Waals surface area contributed by atoms with Gasteiger partial charge in [-0.1, -0.05) is 36.0 Å². The van der Waals surface area contributed by atoms with Crippen molar-refractivity contribution in [2.75, 3.05) is 20.0 Å². The number of hydrogen-bond donors (Lipinski definition) is 1. The molecule has 0 aliphatic rings. The Morgan fingerprint density at radius 3 is 2.45 bits per heavy atom. The van der Waals surface area contributed by atoms with Crippen LogP contribution < -0.4 is 19.5 Å². The van der Waals surface area contributed by atoms with Crippen LogP contribution >= 0.6 is 11.8 Å². The molecular formula is C22H26N4O4S. The summed E-state index contributed by atoms with van der Waals surface area (Å²) in [6.45, 7) is 2.35. The van der Waals surface area contributed by atoms with Crippen LogP contribution in [0.5, 0.6) is 17.2 Å². The highest BCUT2D eigenvalue weighted by Gasteiger charge is 2.19. The number of rotatable bonds is 10. The Labute approximate surface area is 185 Å². The summed E-state index contributed by atoms with van der Waals surface area (Å²) in [4.78, 5) is 12.2. The van der Waals surface area contributed by atoms with Crippen LogP contribution in [0.1, 0.15) is 24.4 Å². The Morgan fingerprint density at radius 2 is 1.77 bits per heavy atom. The summed E-state index contributed by atoms with van der Waals surface area (Å²) < 4.78 is 18.3. The molecule has 164 valence electrons. The maximum atomic E-state index is 12.2. The number of para-hydroxylation sites is 2. The van der Waals surface area contributed by atoms with Crippen LogP contribution in [0.4, 0.5) is 0 Å². The van der Waals surface area contributed by atoms with Gasteiger partial charge < -0.3 is 24.1 Å². The van der Waals surface area contributed by atoms with E-state index < -0.39 is 0 Å². The lowest BCUT2D eigenvalue weighted by Crippen LogP contribution is -2.24. The van der Waals surface area contributed by atoms with Gasteiger partial charge in [0.05, 0.1) is 20.0 Å². The van der Waals surface area contributed by atoms with E-state index in [-0.39, 0.29) is 17.8 Å². The summed E-state index contributed by atoms with van der Waals surface area (Å²) in [5, 5.41) is 12.0. The molecule has 1 unspecified atom stereocenters. The smallest absolute Gasteiger partial charge is 0.230 e. The van der Waals surface area contributed by atoms with Gasteiger partial charge in [0.2, 0.25) is 5.91 Å². The fraction of sp³-hybridized carbons (Fsp3) is 0.318. The average Bonchev–Trinajstić information content (AvgIpc) is 3.17. The maximum absolute atomic E-state index is 12.2. The maximum Gasteiger partial charge on any atom is 0.230 e. The highest BCUT2D eigenvalue weighted by atomic mass is 32.2. The van der Waals surface area contributed by atoms with E-state index in [0.29, 0.717) is 29.0 Å². The minimum Gasteiger partial charge on any atom is -0.497 e. The fourth-order valence-corrected chi connectivity index (χ4v) is 3.64. The van der Waals surface area contributed by atoms with Crippen molar-refractivity contribution in [1.82, 2.24) is 20.1 Å². The van der Waals surface area contributed by atoms with E-state index in [1.807, 2.05) is 67.1 Å². The summed E-state index contributed by atoms with van der Waals surface area (Å²) in [7, 11) is 5.08. The van der Waals surface area contributed by atoms with E-state index in [9.17, 15) is 4.79 Å². The molecule has 8 nitrogen and oxygen atoms in total.